The van der Waals surface area contributed by atoms with Crippen LogP contribution in [0.5, 0.6) is 0 Å². The lowest BCUT2D eigenvalue weighted by molar-refractivity contribution is 0.172. The van der Waals surface area contributed by atoms with Crippen LogP contribution in [0.4, 0.5) is 0 Å². The normalized spacial score (nSPS) is 12.9. The molecule has 0 aliphatic carbocycles. The molecule has 1 aromatic heterocycles. The number of rotatable bonds is 3. The number of hydrogen-bond donors (Lipinski definition) is 2. The molecule has 1 aromatic rings. The Balaban J connectivity index is 2.39. The second-order valence-corrected chi connectivity index (χ2v) is 2.43. The fourth-order valence-electron chi connectivity index (χ4n) is 0.842. The van der Waals surface area contributed by atoms with E-state index in [0.29, 0.717) is 6.42 Å². The molecular formula is C8H12N2O. The number of aliphatic hydroxyl groups excluding tert-OH is 1. The van der Waals surface area contributed by atoms with Crippen molar-refractivity contribution in [1.29, 1.82) is 0 Å². The van der Waals surface area contributed by atoms with E-state index in [2.05, 4.69) is 4.98 Å². The van der Waals surface area contributed by atoms with Gasteiger partial charge < -0.3 is 10.8 Å². The highest BCUT2D eigenvalue weighted by atomic mass is 16.3. The fourth-order valence-corrected chi connectivity index (χ4v) is 0.842. The summed E-state index contributed by atoms with van der Waals surface area (Å²) in [6.45, 7) is 0. The van der Waals surface area contributed by atoms with Crippen molar-refractivity contribution >= 4 is 0 Å². The van der Waals surface area contributed by atoms with Gasteiger partial charge in [0.15, 0.2) is 0 Å². The van der Waals surface area contributed by atoms with Crippen LogP contribution >= 0.6 is 0 Å². The van der Waals surface area contributed by atoms with Crippen molar-refractivity contribution in [2.45, 2.75) is 19.1 Å². The molecule has 0 aliphatic heterocycles. The maximum absolute atomic E-state index is 8.76. The summed E-state index contributed by atoms with van der Waals surface area (Å²) in [6, 6.07) is 5.70. The van der Waals surface area contributed by atoms with Crippen LogP contribution in [-0.2, 0) is 6.42 Å². The number of aliphatic hydroxyl groups is 1. The highest BCUT2D eigenvalue weighted by molar-refractivity contribution is 5.03. The molecule has 60 valence electrons. The first kappa shape index (κ1) is 8.17. The van der Waals surface area contributed by atoms with Gasteiger partial charge in [0, 0.05) is 11.9 Å². The van der Waals surface area contributed by atoms with Crippen LogP contribution in [0, 0.1) is 0 Å². The lowest BCUT2D eigenvalue weighted by Crippen LogP contribution is -2.19. The summed E-state index contributed by atoms with van der Waals surface area (Å²) in [5, 5.41) is 8.76. The zero-order valence-electron chi connectivity index (χ0n) is 6.27. The van der Waals surface area contributed by atoms with E-state index in [9.17, 15) is 0 Å². The number of hydrogen-bond acceptors (Lipinski definition) is 3. The van der Waals surface area contributed by atoms with E-state index in [4.69, 9.17) is 10.8 Å². The number of nitrogens with two attached hydrogens (primary N) is 1. The van der Waals surface area contributed by atoms with Gasteiger partial charge in [0.2, 0.25) is 0 Å². The van der Waals surface area contributed by atoms with Gasteiger partial charge in [-0.25, -0.2) is 0 Å². The highest BCUT2D eigenvalue weighted by Crippen LogP contribution is 1.98. The molecule has 0 radical (unpaired) electrons. The molecule has 3 N–H and O–H groups in total. The predicted molar refractivity (Wildman–Crippen MR) is 42.8 cm³/mol. The molecule has 0 spiro atoms. The number of aryl methyl sites for hydroxylation is 1. The maximum Gasteiger partial charge on any atom is 0.102 e. The minimum atomic E-state index is -0.725. The summed E-state index contributed by atoms with van der Waals surface area (Å²) in [5.41, 5.74) is 6.14. The van der Waals surface area contributed by atoms with Gasteiger partial charge in [-0.3, -0.25) is 4.98 Å². The van der Waals surface area contributed by atoms with Crippen molar-refractivity contribution in [2.75, 3.05) is 0 Å². The van der Waals surface area contributed by atoms with E-state index < -0.39 is 6.23 Å². The summed E-state index contributed by atoms with van der Waals surface area (Å²) in [7, 11) is 0. The number of nitrogens with zero attached hydrogens (tertiary/aromatic N) is 1. The molecule has 1 unspecified atom stereocenters. The lowest BCUT2D eigenvalue weighted by atomic mass is 10.2. The van der Waals surface area contributed by atoms with Gasteiger partial charge in [-0.15, -0.1) is 0 Å². The van der Waals surface area contributed by atoms with E-state index >= 15 is 0 Å². The highest BCUT2D eigenvalue weighted by Gasteiger charge is 1.97. The number of pyridine rings is 1. The second kappa shape index (κ2) is 4.05. The fraction of sp³-hybridized carbons (Fsp3) is 0.375. The average molecular weight is 152 g/mol. The van der Waals surface area contributed by atoms with Crippen LogP contribution in [-0.4, -0.2) is 16.3 Å². The molecule has 0 aliphatic rings. The summed E-state index contributed by atoms with van der Waals surface area (Å²) in [6.07, 6.45) is 2.31. The molecule has 0 saturated carbocycles. The lowest BCUT2D eigenvalue weighted by Gasteiger charge is -2.02. The third kappa shape index (κ3) is 3.11. The zero-order chi connectivity index (χ0) is 8.10. The summed E-state index contributed by atoms with van der Waals surface area (Å²) < 4.78 is 0. The van der Waals surface area contributed by atoms with Gasteiger partial charge in [-0.2, -0.15) is 0 Å². The third-order valence-corrected chi connectivity index (χ3v) is 1.42. The standard InChI is InChI=1S/C8H12N2O/c9-8(11)5-4-7-3-1-2-6-10-7/h1-3,6,8,11H,4-5,9H2. The monoisotopic (exact) mass is 152 g/mol. The molecule has 0 fully saturated rings. The van der Waals surface area contributed by atoms with E-state index in [-0.39, 0.29) is 0 Å². The molecule has 3 nitrogen and oxygen atoms in total. The van der Waals surface area contributed by atoms with Crippen LogP contribution in [0.25, 0.3) is 0 Å². The maximum atomic E-state index is 8.76. The Labute approximate surface area is 65.9 Å². The summed E-state index contributed by atoms with van der Waals surface area (Å²) in [4.78, 5) is 4.08. The Kier molecular flexibility index (Phi) is 3.01. The quantitative estimate of drug-likeness (QED) is 0.612. The van der Waals surface area contributed by atoms with Crippen LogP contribution in [0.15, 0.2) is 24.4 Å². The van der Waals surface area contributed by atoms with E-state index in [1.54, 1.807) is 6.20 Å². The molecule has 0 aromatic carbocycles. The topological polar surface area (TPSA) is 59.1 Å². The molecule has 11 heavy (non-hydrogen) atoms. The van der Waals surface area contributed by atoms with Gasteiger partial charge in [-0.1, -0.05) is 6.07 Å². The van der Waals surface area contributed by atoms with Gasteiger partial charge in [0.05, 0.1) is 0 Å². The first-order valence-electron chi connectivity index (χ1n) is 3.62. The van der Waals surface area contributed by atoms with Crippen molar-refractivity contribution in [3.63, 3.8) is 0 Å². The molecular weight excluding hydrogens is 140 g/mol. The van der Waals surface area contributed by atoms with E-state index in [1.807, 2.05) is 18.2 Å². The molecule has 1 heterocycles. The van der Waals surface area contributed by atoms with Gasteiger partial charge in [-0.05, 0) is 25.0 Å². The van der Waals surface area contributed by atoms with E-state index in [0.717, 1.165) is 12.1 Å². The largest absolute Gasteiger partial charge is 0.379 e. The van der Waals surface area contributed by atoms with Crippen LogP contribution in [0.3, 0.4) is 0 Å². The summed E-state index contributed by atoms with van der Waals surface area (Å²) in [5.74, 6) is 0. The van der Waals surface area contributed by atoms with Crippen LogP contribution in [0.1, 0.15) is 12.1 Å². The van der Waals surface area contributed by atoms with Gasteiger partial charge in [0.1, 0.15) is 6.23 Å². The average Bonchev–Trinajstić information content (AvgIpc) is 2.03. The smallest absolute Gasteiger partial charge is 0.102 e. The summed E-state index contributed by atoms with van der Waals surface area (Å²) >= 11 is 0. The molecule has 0 saturated heterocycles. The van der Waals surface area contributed by atoms with Crippen LogP contribution in [0.2, 0.25) is 0 Å². The molecule has 3 heteroatoms. The molecule has 1 rings (SSSR count). The van der Waals surface area contributed by atoms with Gasteiger partial charge >= 0.3 is 0 Å². The van der Waals surface area contributed by atoms with Crippen molar-refractivity contribution in [1.82, 2.24) is 4.98 Å². The van der Waals surface area contributed by atoms with E-state index in [1.165, 1.54) is 0 Å². The third-order valence-electron chi connectivity index (χ3n) is 1.42. The van der Waals surface area contributed by atoms with Crippen molar-refractivity contribution < 1.29 is 5.11 Å². The Morgan fingerprint density at radius 3 is 2.91 bits per heavy atom. The molecule has 1 atom stereocenters. The van der Waals surface area contributed by atoms with Crippen molar-refractivity contribution in [3.05, 3.63) is 30.1 Å². The minimum Gasteiger partial charge on any atom is -0.379 e. The Hall–Kier alpha value is -0.930. The Morgan fingerprint density at radius 1 is 1.55 bits per heavy atom. The van der Waals surface area contributed by atoms with Crippen LogP contribution < -0.4 is 5.73 Å². The SMILES string of the molecule is NC(O)CCc1ccccn1. The molecule has 0 bridgehead atoms. The first-order chi connectivity index (χ1) is 5.29. The first-order valence-corrected chi connectivity index (χ1v) is 3.62. The minimum absolute atomic E-state index is 0.566. The Bertz CT molecular complexity index is 199. The second-order valence-electron chi connectivity index (χ2n) is 2.43. The molecule has 0 amide bonds. The van der Waals surface area contributed by atoms with Gasteiger partial charge in [0.25, 0.3) is 0 Å². The Morgan fingerprint density at radius 2 is 2.36 bits per heavy atom. The number of aromatic nitrogens is 1. The predicted octanol–water partition coefficient (Wildman–Crippen LogP) is 0.291. The zero-order valence-corrected chi connectivity index (χ0v) is 6.27. The van der Waals surface area contributed by atoms with Crippen molar-refractivity contribution in [3.8, 4) is 0 Å². The van der Waals surface area contributed by atoms with Crippen molar-refractivity contribution in [2.24, 2.45) is 5.73 Å².